The molecule has 0 heterocycles. The van der Waals surface area contributed by atoms with Crippen molar-refractivity contribution in [2.75, 3.05) is 5.88 Å². The first-order chi connectivity index (χ1) is 7.58. The minimum absolute atomic E-state index is 0.0708. The fourth-order valence-corrected chi connectivity index (χ4v) is 1.55. The molecule has 4 heteroatoms. The van der Waals surface area contributed by atoms with Crippen molar-refractivity contribution in [3.63, 3.8) is 0 Å². The van der Waals surface area contributed by atoms with Crippen LogP contribution in [-0.4, -0.2) is 17.8 Å². The van der Waals surface area contributed by atoms with Gasteiger partial charge in [-0.15, -0.1) is 11.6 Å². The Morgan fingerprint density at radius 1 is 1.56 bits per heavy atom. The van der Waals surface area contributed by atoms with Gasteiger partial charge in [0.15, 0.2) is 0 Å². The molecule has 0 bridgehead atoms. The predicted molar refractivity (Wildman–Crippen MR) is 63.4 cm³/mol. The number of amides is 1. The highest BCUT2D eigenvalue weighted by Gasteiger charge is 2.12. The lowest BCUT2D eigenvalue weighted by Crippen LogP contribution is -2.35. The van der Waals surface area contributed by atoms with E-state index < -0.39 is 0 Å². The maximum Gasteiger partial charge on any atom is 0.251 e. The van der Waals surface area contributed by atoms with Crippen LogP contribution in [0.25, 0.3) is 0 Å². The number of carbonyl (C=O) groups is 1. The maximum atomic E-state index is 13.2. The van der Waals surface area contributed by atoms with Crippen molar-refractivity contribution in [1.29, 1.82) is 0 Å². The molecule has 1 atom stereocenters. The Hall–Kier alpha value is -1.09. The molecular weight excluding hydrogens is 229 g/mol. The SMILES string of the molecule is CCC(CCl)NC(=O)c1ccc(C)c(F)c1. The van der Waals surface area contributed by atoms with Crippen LogP contribution in [-0.2, 0) is 0 Å². The number of aryl methyl sites for hydroxylation is 1. The topological polar surface area (TPSA) is 29.1 Å². The minimum atomic E-state index is -0.369. The molecule has 0 saturated carbocycles. The molecule has 0 saturated heterocycles. The molecule has 88 valence electrons. The van der Waals surface area contributed by atoms with Crippen molar-refractivity contribution < 1.29 is 9.18 Å². The first kappa shape index (κ1) is 13.0. The summed E-state index contributed by atoms with van der Waals surface area (Å²) < 4.78 is 13.2. The zero-order chi connectivity index (χ0) is 12.1. The molecule has 0 aromatic heterocycles. The number of nitrogens with one attached hydrogen (secondary N) is 1. The molecule has 0 aliphatic rings. The molecule has 0 spiro atoms. The number of hydrogen-bond donors (Lipinski definition) is 1. The van der Waals surface area contributed by atoms with Gasteiger partial charge in [-0.05, 0) is 31.0 Å². The van der Waals surface area contributed by atoms with E-state index in [4.69, 9.17) is 11.6 Å². The molecule has 1 aromatic carbocycles. The van der Waals surface area contributed by atoms with Crippen molar-refractivity contribution in [2.24, 2.45) is 0 Å². The summed E-state index contributed by atoms with van der Waals surface area (Å²) in [7, 11) is 0. The second-order valence-electron chi connectivity index (χ2n) is 3.70. The van der Waals surface area contributed by atoms with Gasteiger partial charge in [-0.3, -0.25) is 4.79 Å². The lowest BCUT2D eigenvalue weighted by Gasteiger charge is -2.13. The van der Waals surface area contributed by atoms with E-state index in [9.17, 15) is 9.18 Å². The summed E-state index contributed by atoms with van der Waals surface area (Å²) in [6.45, 7) is 3.59. The van der Waals surface area contributed by atoms with Gasteiger partial charge in [0.2, 0.25) is 0 Å². The zero-order valence-electron chi connectivity index (χ0n) is 9.39. The van der Waals surface area contributed by atoms with Crippen LogP contribution >= 0.6 is 11.6 Å². The molecule has 0 aliphatic heterocycles. The Morgan fingerprint density at radius 2 is 2.25 bits per heavy atom. The number of hydrogen-bond acceptors (Lipinski definition) is 1. The molecule has 0 aliphatic carbocycles. The maximum absolute atomic E-state index is 13.2. The summed E-state index contributed by atoms with van der Waals surface area (Å²) in [6.07, 6.45) is 0.754. The normalized spacial score (nSPS) is 12.2. The lowest BCUT2D eigenvalue weighted by molar-refractivity contribution is 0.0939. The average molecular weight is 244 g/mol. The molecule has 2 nitrogen and oxygen atoms in total. The van der Waals surface area contributed by atoms with Gasteiger partial charge in [0.25, 0.3) is 5.91 Å². The third-order valence-corrected chi connectivity index (χ3v) is 2.82. The third-order valence-electron chi connectivity index (χ3n) is 2.45. The van der Waals surface area contributed by atoms with E-state index in [1.54, 1.807) is 19.1 Å². The quantitative estimate of drug-likeness (QED) is 0.810. The van der Waals surface area contributed by atoms with Crippen LogP contribution in [0.1, 0.15) is 29.3 Å². The van der Waals surface area contributed by atoms with Crippen LogP contribution in [0.4, 0.5) is 4.39 Å². The molecule has 0 radical (unpaired) electrons. The largest absolute Gasteiger partial charge is 0.348 e. The van der Waals surface area contributed by atoms with E-state index in [1.165, 1.54) is 6.07 Å². The van der Waals surface area contributed by atoms with Crippen LogP contribution < -0.4 is 5.32 Å². The van der Waals surface area contributed by atoms with Crippen LogP contribution in [0.2, 0.25) is 0 Å². The summed E-state index contributed by atoms with van der Waals surface area (Å²) >= 11 is 5.67. The van der Waals surface area contributed by atoms with Gasteiger partial charge in [0, 0.05) is 17.5 Å². The Kier molecular flexibility index (Phi) is 4.74. The Bertz CT molecular complexity index is 377. The fraction of sp³-hybridized carbons (Fsp3) is 0.417. The second-order valence-corrected chi connectivity index (χ2v) is 4.01. The fourth-order valence-electron chi connectivity index (χ4n) is 1.25. The monoisotopic (exact) mass is 243 g/mol. The summed E-state index contributed by atoms with van der Waals surface area (Å²) in [4.78, 5) is 11.7. The van der Waals surface area contributed by atoms with Gasteiger partial charge in [0.1, 0.15) is 5.82 Å². The second kappa shape index (κ2) is 5.85. The van der Waals surface area contributed by atoms with Crippen LogP contribution in [0, 0.1) is 12.7 Å². The van der Waals surface area contributed by atoms with E-state index >= 15 is 0 Å². The number of carbonyl (C=O) groups excluding carboxylic acids is 1. The van der Waals surface area contributed by atoms with Gasteiger partial charge in [-0.25, -0.2) is 4.39 Å². The highest BCUT2D eigenvalue weighted by molar-refractivity contribution is 6.18. The Morgan fingerprint density at radius 3 is 2.75 bits per heavy atom. The van der Waals surface area contributed by atoms with Gasteiger partial charge < -0.3 is 5.32 Å². The van der Waals surface area contributed by atoms with E-state index in [2.05, 4.69) is 5.32 Å². The van der Waals surface area contributed by atoms with Crippen molar-refractivity contribution in [3.8, 4) is 0 Å². The first-order valence-corrected chi connectivity index (χ1v) is 5.75. The van der Waals surface area contributed by atoms with E-state index in [-0.39, 0.29) is 17.8 Å². The van der Waals surface area contributed by atoms with E-state index in [0.29, 0.717) is 17.0 Å². The molecular formula is C12H15ClFNO. The van der Waals surface area contributed by atoms with Crippen LogP contribution in [0.5, 0.6) is 0 Å². The van der Waals surface area contributed by atoms with Crippen LogP contribution in [0.3, 0.4) is 0 Å². The van der Waals surface area contributed by atoms with Gasteiger partial charge >= 0.3 is 0 Å². The predicted octanol–water partition coefficient (Wildman–Crippen LogP) is 2.88. The van der Waals surface area contributed by atoms with Crippen molar-refractivity contribution in [1.82, 2.24) is 5.32 Å². The average Bonchev–Trinajstić information content (AvgIpc) is 2.29. The molecule has 1 N–H and O–H groups in total. The molecule has 1 amide bonds. The molecule has 16 heavy (non-hydrogen) atoms. The van der Waals surface area contributed by atoms with Gasteiger partial charge in [0.05, 0.1) is 0 Å². The molecule has 1 aromatic rings. The van der Waals surface area contributed by atoms with E-state index in [0.717, 1.165) is 6.42 Å². The highest BCUT2D eigenvalue weighted by atomic mass is 35.5. The summed E-state index contributed by atoms with van der Waals surface area (Å²) in [5.74, 6) is -0.297. The van der Waals surface area contributed by atoms with Crippen LogP contribution in [0.15, 0.2) is 18.2 Å². The smallest absolute Gasteiger partial charge is 0.251 e. The first-order valence-electron chi connectivity index (χ1n) is 5.21. The molecule has 1 unspecified atom stereocenters. The Labute approximate surface area is 99.8 Å². The summed E-state index contributed by atoms with van der Waals surface area (Å²) in [5, 5.41) is 2.74. The van der Waals surface area contributed by atoms with Crippen molar-refractivity contribution in [2.45, 2.75) is 26.3 Å². The minimum Gasteiger partial charge on any atom is -0.348 e. The zero-order valence-corrected chi connectivity index (χ0v) is 10.1. The third kappa shape index (κ3) is 3.20. The van der Waals surface area contributed by atoms with Crippen molar-refractivity contribution in [3.05, 3.63) is 35.1 Å². The number of rotatable bonds is 4. The molecule has 0 fully saturated rings. The van der Waals surface area contributed by atoms with Gasteiger partial charge in [-0.2, -0.15) is 0 Å². The van der Waals surface area contributed by atoms with Gasteiger partial charge in [-0.1, -0.05) is 13.0 Å². The highest BCUT2D eigenvalue weighted by Crippen LogP contribution is 2.09. The van der Waals surface area contributed by atoms with Crippen molar-refractivity contribution >= 4 is 17.5 Å². The molecule has 1 rings (SSSR count). The Balaban J connectivity index is 2.76. The summed E-state index contributed by atoms with van der Waals surface area (Å²) in [6, 6.07) is 4.37. The number of alkyl halides is 1. The number of benzene rings is 1. The number of halogens is 2. The lowest BCUT2D eigenvalue weighted by atomic mass is 10.1. The summed E-state index contributed by atoms with van der Waals surface area (Å²) in [5.41, 5.74) is 0.854. The van der Waals surface area contributed by atoms with E-state index in [1.807, 2.05) is 6.92 Å². The standard InChI is InChI=1S/C12H15ClFNO/c1-3-10(7-13)15-12(16)9-5-4-8(2)11(14)6-9/h4-6,10H,3,7H2,1-2H3,(H,15,16).